The number of aromatic nitrogens is 1. The van der Waals surface area contributed by atoms with Gasteiger partial charge in [0.2, 0.25) is 5.91 Å². The van der Waals surface area contributed by atoms with Crippen molar-refractivity contribution in [1.29, 1.82) is 5.26 Å². The summed E-state index contributed by atoms with van der Waals surface area (Å²) in [6.07, 6.45) is 10.2. The molecule has 1 aromatic carbocycles. The Morgan fingerprint density at radius 1 is 1.07 bits per heavy atom. The van der Waals surface area contributed by atoms with Crippen LogP contribution in [0.1, 0.15) is 66.4 Å². The maximum atomic E-state index is 13.1. The summed E-state index contributed by atoms with van der Waals surface area (Å²) in [6, 6.07) is 14.2. The molecule has 5 rings (SSSR count). The van der Waals surface area contributed by atoms with E-state index in [1.807, 2.05) is 53.2 Å². The second-order valence-electron chi connectivity index (χ2n) is 12.2. The van der Waals surface area contributed by atoms with Crippen molar-refractivity contribution in [3.05, 3.63) is 65.4 Å². The number of rotatable bonds is 7. The molecule has 1 aliphatic carbocycles. The lowest BCUT2D eigenvalue weighted by Crippen LogP contribution is -2.44. The number of pyridine rings is 1. The van der Waals surface area contributed by atoms with Gasteiger partial charge in [-0.3, -0.25) is 9.59 Å². The Hall–Kier alpha value is -4.03. The number of amidine groups is 1. The number of nitrogens with two attached hydrogens (primary N) is 1. The monoisotopic (exact) mass is 581 g/mol. The standard InChI is InChI=1S/C34H43N7O2/c1-39-18-15-29(16-19-39)40(2)33(42)27-9-5-24(6-10-27)22-31(36)38-32-30(4-3-17-37-32)26-13-20-41(21-14-26)34(43)28-11-7-25(23-35)8-12-28/h3-6,9-10,13,17,25,28-29H,7-8,11-12,14-16,18-22H2,1-2H3,(H2,36,37,38). The van der Waals surface area contributed by atoms with Crippen molar-refractivity contribution in [1.82, 2.24) is 19.7 Å². The van der Waals surface area contributed by atoms with E-state index in [2.05, 4.69) is 34.1 Å². The number of piperidine rings is 1. The van der Waals surface area contributed by atoms with Gasteiger partial charge >= 0.3 is 0 Å². The summed E-state index contributed by atoms with van der Waals surface area (Å²) in [5.41, 5.74) is 10.1. The normalized spacial score (nSPS) is 22.0. The molecule has 1 saturated heterocycles. The molecular weight excluding hydrogens is 538 g/mol. The molecule has 0 spiro atoms. The van der Waals surface area contributed by atoms with Crippen LogP contribution in [-0.4, -0.2) is 83.6 Å². The Morgan fingerprint density at radius 2 is 1.79 bits per heavy atom. The number of carbonyl (C=O) groups is 2. The second-order valence-corrected chi connectivity index (χ2v) is 12.2. The van der Waals surface area contributed by atoms with Crippen LogP contribution in [0, 0.1) is 23.2 Å². The van der Waals surface area contributed by atoms with E-state index in [0.717, 1.165) is 74.7 Å². The predicted molar refractivity (Wildman–Crippen MR) is 169 cm³/mol. The van der Waals surface area contributed by atoms with Crippen LogP contribution in [0.2, 0.25) is 0 Å². The Labute approximate surface area is 255 Å². The van der Waals surface area contributed by atoms with E-state index < -0.39 is 0 Å². The molecule has 9 heteroatoms. The summed E-state index contributed by atoms with van der Waals surface area (Å²) >= 11 is 0. The van der Waals surface area contributed by atoms with Crippen LogP contribution in [0.3, 0.4) is 0 Å². The number of benzene rings is 1. The van der Waals surface area contributed by atoms with Crippen molar-refractivity contribution in [3.8, 4) is 6.07 Å². The van der Waals surface area contributed by atoms with E-state index in [9.17, 15) is 9.59 Å². The fourth-order valence-corrected chi connectivity index (χ4v) is 6.48. The van der Waals surface area contributed by atoms with Crippen molar-refractivity contribution in [2.24, 2.45) is 22.6 Å². The highest BCUT2D eigenvalue weighted by Crippen LogP contribution is 2.33. The average molecular weight is 582 g/mol. The van der Waals surface area contributed by atoms with E-state index in [1.165, 1.54) is 0 Å². The smallest absolute Gasteiger partial charge is 0.253 e. The van der Waals surface area contributed by atoms with E-state index in [1.54, 1.807) is 6.20 Å². The Balaban J connectivity index is 1.19. The molecule has 0 bridgehead atoms. The molecule has 1 saturated carbocycles. The summed E-state index contributed by atoms with van der Waals surface area (Å²) in [5, 5.41) is 9.15. The van der Waals surface area contributed by atoms with Gasteiger partial charge in [-0.05, 0) is 100 Å². The summed E-state index contributed by atoms with van der Waals surface area (Å²) in [4.78, 5) is 41.5. The highest BCUT2D eigenvalue weighted by molar-refractivity contribution is 5.94. The molecule has 2 amide bonds. The van der Waals surface area contributed by atoms with Crippen LogP contribution >= 0.6 is 0 Å². The van der Waals surface area contributed by atoms with Crippen LogP contribution in [0.4, 0.5) is 5.82 Å². The van der Waals surface area contributed by atoms with Crippen LogP contribution in [-0.2, 0) is 11.2 Å². The van der Waals surface area contributed by atoms with Gasteiger partial charge in [-0.1, -0.05) is 18.2 Å². The molecule has 43 heavy (non-hydrogen) atoms. The predicted octanol–water partition coefficient (Wildman–Crippen LogP) is 4.42. The first kappa shape index (κ1) is 30.4. The highest BCUT2D eigenvalue weighted by atomic mass is 16.2. The molecule has 0 atom stereocenters. The number of nitriles is 1. The van der Waals surface area contributed by atoms with Crippen molar-refractivity contribution in [3.63, 3.8) is 0 Å². The zero-order chi connectivity index (χ0) is 30.3. The molecule has 2 N–H and O–H groups in total. The van der Waals surface area contributed by atoms with Crippen molar-refractivity contribution < 1.29 is 9.59 Å². The SMILES string of the molecule is CN1CCC(N(C)C(=O)c2ccc(CC(N)=Nc3ncccc3C3=CCN(C(=O)C4CCC(C#N)CC4)CC3)cc2)CC1. The fraction of sp³-hybridized carbons (Fsp3) is 0.500. The molecule has 2 aliphatic heterocycles. The molecular formula is C34H43N7O2. The summed E-state index contributed by atoms with van der Waals surface area (Å²) in [5.74, 6) is 1.41. The van der Waals surface area contributed by atoms with Gasteiger partial charge in [0.05, 0.1) is 6.07 Å². The number of amides is 2. The first-order chi connectivity index (χ1) is 20.8. The molecule has 1 aromatic heterocycles. The topological polar surface area (TPSA) is 119 Å². The summed E-state index contributed by atoms with van der Waals surface area (Å²) < 4.78 is 0. The fourth-order valence-electron chi connectivity index (χ4n) is 6.48. The van der Waals surface area contributed by atoms with Crippen molar-refractivity contribution in [2.75, 3.05) is 40.3 Å². The average Bonchev–Trinajstić information content (AvgIpc) is 3.05. The van der Waals surface area contributed by atoms with Crippen molar-refractivity contribution in [2.45, 2.75) is 57.4 Å². The molecule has 0 unspecified atom stereocenters. The molecule has 9 nitrogen and oxygen atoms in total. The molecule has 2 aromatic rings. The van der Waals surface area contributed by atoms with Gasteiger partial charge in [0.25, 0.3) is 5.91 Å². The first-order valence-corrected chi connectivity index (χ1v) is 15.5. The molecule has 0 radical (unpaired) electrons. The molecule has 2 fully saturated rings. The Kier molecular flexibility index (Phi) is 9.88. The maximum Gasteiger partial charge on any atom is 0.253 e. The maximum absolute atomic E-state index is 13.1. The number of aliphatic imine (C=N–C) groups is 1. The van der Waals surface area contributed by atoms with Gasteiger partial charge < -0.3 is 20.4 Å². The van der Waals surface area contributed by atoms with Crippen LogP contribution in [0.5, 0.6) is 0 Å². The molecule has 3 heterocycles. The minimum Gasteiger partial charge on any atom is -0.387 e. The number of likely N-dealkylation sites (tertiary alicyclic amines) is 1. The third-order valence-electron chi connectivity index (χ3n) is 9.30. The first-order valence-electron chi connectivity index (χ1n) is 15.5. The summed E-state index contributed by atoms with van der Waals surface area (Å²) in [7, 11) is 4.03. The third-order valence-corrected chi connectivity index (χ3v) is 9.30. The van der Waals surface area contributed by atoms with Gasteiger partial charge in [-0.2, -0.15) is 5.26 Å². The van der Waals surface area contributed by atoms with Gasteiger partial charge in [0.1, 0.15) is 5.84 Å². The Bertz CT molecular complexity index is 1390. The number of nitrogens with zero attached hydrogens (tertiary/aromatic N) is 6. The minimum absolute atomic E-state index is 0.0326. The van der Waals surface area contributed by atoms with Gasteiger partial charge in [-0.25, -0.2) is 9.98 Å². The number of carbonyl (C=O) groups excluding carboxylic acids is 2. The Morgan fingerprint density at radius 3 is 2.44 bits per heavy atom. The van der Waals surface area contributed by atoms with Gasteiger partial charge in [-0.15, -0.1) is 0 Å². The van der Waals surface area contributed by atoms with E-state index >= 15 is 0 Å². The lowest BCUT2D eigenvalue weighted by molar-refractivity contribution is -0.136. The minimum atomic E-state index is 0.0326. The molecule has 3 aliphatic rings. The van der Waals surface area contributed by atoms with Crippen LogP contribution < -0.4 is 5.73 Å². The zero-order valence-electron chi connectivity index (χ0n) is 25.4. The number of hydrogen-bond donors (Lipinski definition) is 1. The van der Waals surface area contributed by atoms with Gasteiger partial charge in [0, 0.05) is 61.8 Å². The third kappa shape index (κ3) is 7.49. The van der Waals surface area contributed by atoms with Crippen LogP contribution in [0.15, 0.2) is 53.7 Å². The lowest BCUT2D eigenvalue weighted by Gasteiger charge is -2.35. The zero-order valence-corrected chi connectivity index (χ0v) is 25.4. The largest absolute Gasteiger partial charge is 0.387 e. The lowest BCUT2D eigenvalue weighted by atomic mass is 9.82. The highest BCUT2D eigenvalue weighted by Gasteiger charge is 2.30. The van der Waals surface area contributed by atoms with Crippen molar-refractivity contribution >= 4 is 29.0 Å². The van der Waals surface area contributed by atoms with E-state index in [4.69, 9.17) is 11.0 Å². The molecule has 226 valence electrons. The summed E-state index contributed by atoms with van der Waals surface area (Å²) in [6.45, 7) is 3.25. The van der Waals surface area contributed by atoms with E-state index in [0.29, 0.717) is 36.7 Å². The second kappa shape index (κ2) is 14.0. The number of hydrogen-bond acceptors (Lipinski definition) is 6. The van der Waals surface area contributed by atoms with E-state index in [-0.39, 0.29) is 29.7 Å². The van der Waals surface area contributed by atoms with Crippen LogP contribution in [0.25, 0.3) is 5.57 Å². The quantitative estimate of drug-likeness (QED) is 0.382. The van der Waals surface area contributed by atoms with Gasteiger partial charge in [0.15, 0.2) is 5.82 Å².